The summed E-state index contributed by atoms with van der Waals surface area (Å²) in [4.78, 5) is 16.0. The molecule has 0 spiro atoms. The Morgan fingerprint density at radius 1 is 1.04 bits per heavy atom. The first-order valence-electron chi connectivity index (χ1n) is 7.76. The van der Waals surface area contributed by atoms with E-state index in [2.05, 4.69) is 10.3 Å². The van der Waals surface area contributed by atoms with Crippen LogP contribution in [0.5, 0.6) is 0 Å². The average Bonchev–Trinajstić information content (AvgIpc) is 2.91. The Morgan fingerprint density at radius 3 is 2.44 bits per heavy atom. The third-order valence-corrected chi connectivity index (χ3v) is 4.37. The Morgan fingerprint density at radius 2 is 1.72 bits per heavy atom. The van der Waals surface area contributed by atoms with E-state index in [0.717, 1.165) is 34.3 Å². The second-order valence-corrected chi connectivity index (χ2v) is 6.47. The normalized spacial score (nSPS) is 11.8. The molecule has 0 saturated carbocycles. The maximum Gasteiger partial charge on any atom is 0.234 e. The number of H-pyrrole nitrogens is 1. The lowest BCUT2D eigenvalue weighted by atomic mass is 9.81. The number of aryl methyl sites for hydroxylation is 1. The first kappa shape index (κ1) is 17.1. The zero-order chi connectivity index (χ0) is 18.4. The van der Waals surface area contributed by atoms with Crippen LogP contribution in [0, 0.1) is 24.4 Å². The van der Waals surface area contributed by atoms with Crippen molar-refractivity contribution in [3.8, 4) is 0 Å². The van der Waals surface area contributed by atoms with Crippen LogP contribution >= 0.6 is 0 Å². The van der Waals surface area contributed by atoms with E-state index in [1.54, 1.807) is 13.8 Å². The highest BCUT2D eigenvalue weighted by atomic mass is 19.2. The summed E-state index contributed by atoms with van der Waals surface area (Å²) in [5.74, 6) is -4.86. The summed E-state index contributed by atoms with van der Waals surface area (Å²) >= 11 is 0. The fourth-order valence-corrected chi connectivity index (χ4v) is 3.10. The summed E-state index contributed by atoms with van der Waals surface area (Å²) in [7, 11) is 0. The van der Waals surface area contributed by atoms with Gasteiger partial charge in [0.05, 0.1) is 11.1 Å². The molecule has 1 amide bonds. The largest absolute Gasteiger partial charge is 0.358 e. The highest BCUT2D eigenvalue weighted by Gasteiger charge is 2.34. The number of halogens is 3. The maximum atomic E-state index is 13.8. The monoisotopic (exact) mass is 346 g/mol. The number of para-hydroxylation sites is 1. The molecule has 1 aromatic heterocycles. The minimum absolute atomic E-state index is 0.394. The molecule has 130 valence electrons. The number of carbonyl (C=O) groups is 1. The van der Waals surface area contributed by atoms with E-state index in [1.807, 2.05) is 31.2 Å². The maximum absolute atomic E-state index is 13.8. The van der Waals surface area contributed by atoms with Crippen LogP contribution in [0.4, 0.5) is 18.9 Å². The van der Waals surface area contributed by atoms with Crippen LogP contribution in [-0.2, 0) is 10.2 Å². The quantitative estimate of drug-likeness (QED) is 0.657. The van der Waals surface area contributed by atoms with Gasteiger partial charge in [-0.1, -0.05) is 18.2 Å². The molecule has 0 radical (unpaired) electrons. The van der Waals surface area contributed by atoms with Gasteiger partial charge in [-0.2, -0.15) is 0 Å². The van der Waals surface area contributed by atoms with E-state index in [4.69, 9.17) is 0 Å². The summed E-state index contributed by atoms with van der Waals surface area (Å²) < 4.78 is 40.3. The van der Waals surface area contributed by atoms with Crippen molar-refractivity contribution in [1.82, 2.24) is 4.98 Å². The molecule has 3 rings (SSSR count). The van der Waals surface area contributed by atoms with Crippen LogP contribution in [0.15, 0.2) is 36.4 Å². The predicted molar refractivity (Wildman–Crippen MR) is 91.0 cm³/mol. The zero-order valence-electron chi connectivity index (χ0n) is 14.0. The van der Waals surface area contributed by atoms with Crippen LogP contribution < -0.4 is 5.32 Å². The second-order valence-electron chi connectivity index (χ2n) is 6.47. The Bertz CT molecular complexity index is 976. The van der Waals surface area contributed by atoms with Gasteiger partial charge in [0.2, 0.25) is 5.91 Å². The average molecular weight is 346 g/mol. The van der Waals surface area contributed by atoms with Gasteiger partial charge in [-0.3, -0.25) is 4.79 Å². The van der Waals surface area contributed by atoms with Crippen molar-refractivity contribution in [1.29, 1.82) is 0 Å². The zero-order valence-corrected chi connectivity index (χ0v) is 14.0. The number of rotatable bonds is 3. The van der Waals surface area contributed by atoms with Gasteiger partial charge in [-0.25, -0.2) is 13.2 Å². The Kier molecular flexibility index (Phi) is 4.06. The van der Waals surface area contributed by atoms with E-state index in [9.17, 15) is 18.0 Å². The SMILES string of the molecule is Cc1[nH]c2ccccc2c1C(C)(C)C(=O)Nc1ccc(F)c(F)c1F. The first-order valence-corrected chi connectivity index (χ1v) is 7.76. The summed E-state index contributed by atoms with van der Waals surface area (Å²) in [6.45, 7) is 5.24. The Hall–Kier alpha value is -2.76. The number of aromatic nitrogens is 1. The third kappa shape index (κ3) is 2.77. The minimum atomic E-state index is -1.61. The lowest BCUT2D eigenvalue weighted by Gasteiger charge is -2.25. The molecule has 0 aliphatic carbocycles. The van der Waals surface area contributed by atoms with E-state index in [0.29, 0.717) is 0 Å². The van der Waals surface area contributed by atoms with E-state index in [-0.39, 0.29) is 0 Å². The predicted octanol–water partition coefficient (Wildman–Crippen LogP) is 4.81. The molecule has 0 atom stereocenters. The Labute approximate surface area is 142 Å². The lowest BCUT2D eigenvalue weighted by molar-refractivity contribution is -0.120. The fourth-order valence-electron chi connectivity index (χ4n) is 3.10. The molecule has 2 N–H and O–H groups in total. The van der Waals surface area contributed by atoms with Gasteiger partial charge < -0.3 is 10.3 Å². The molecule has 0 unspecified atom stereocenters. The van der Waals surface area contributed by atoms with Crippen molar-refractivity contribution in [2.75, 3.05) is 5.32 Å². The van der Waals surface area contributed by atoms with E-state index in [1.165, 1.54) is 0 Å². The summed E-state index contributed by atoms with van der Waals surface area (Å²) in [5, 5.41) is 3.24. The number of anilines is 1. The molecule has 0 bridgehead atoms. The number of amides is 1. The number of aromatic amines is 1. The highest BCUT2D eigenvalue weighted by molar-refractivity contribution is 6.02. The topological polar surface area (TPSA) is 44.9 Å². The van der Waals surface area contributed by atoms with Gasteiger partial charge >= 0.3 is 0 Å². The highest BCUT2D eigenvalue weighted by Crippen LogP contribution is 2.34. The summed E-state index contributed by atoms with van der Waals surface area (Å²) in [5.41, 5.74) is 1.04. The number of benzene rings is 2. The molecule has 0 saturated heterocycles. The second kappa shape index (κ2) is 5.95. The van der Waals surface area contributed by atoms with E-state index < -0.39 is 34.5 Å². The molecule has 1 heterocycles. The number of hydrogen-bond donors (Lipinski definition) is 2. The van der Waals surface area contributed by atoms with Crippen LogP contribution in [0.25, 0.3) is 10.9 Å². The van der Waals surface area contributed by atoms with Gasteiger partial charge in [-0.05, 0) is 44.5 Å². The molecule has 0 aliphatic rings. The molecule has 0 aliphatic heterocycles. The van der Waals surface area contributed by atoms with Gasteiger partial charge in [0.1, 0.15) is 0 Å². The van der Waals surface area contributed by atoms with Crippen LogP contribution in [-0.4, -0.2) is 10.9 Å². The summed E-state index contributed by atoms with van der Waals surface area (Å²) in [6.07, 6.45) is 0. The molecule has 0 fully saturated rings. The van der Waals surface area contributed by atoms with Gasteiger partial charge in [0.25, 0.3) is 0 Å². The van der Waals surface area contributed by atoms with Crippen molar-refractivity contribution in [2.45, 2.75) is 26.2 Å². The molecule has 3 nitrogen and oxygen atoms in total. The molecular formula is C19H17F3N2O. The van der Waals surface area contributed by atoms with Crippen LogP contribution in [0.2, 0.25) is 0 Å². The Balaban J connectivity index is 2.01. The smallest absolute Gasteiger partial charge is 0.234 e. The number of nitrogens with one attached hydrogen (secondary N) is 2. The fraction of sp³-hybridized carbons (Fsp3) is 0.211. The standard InChI is InChI=1S/C19H17F3N2O/c1-10-15(11-6-4-5-7-13(11)23-10)19(2,3)18(25)24-14-9-8-12(20)16(21)17(14)22/h4-9,23H,1-3H3,(H,24,25). The molecular weight excluding hydrogens is 329 g/mol. The van der Waals surface area contributed by atoms with Crippen LogP contribution in [0.1, 0.15) is 25.1 Å². The van der Waals surface area contributed by atoms with Crippen LogP contribution in [0.3, 0.4) is 0 Å². The van der Waals surface area contributed by atoms with Crippen molar-refractivity contribution in [2.24, 2.45) is 0 Å². The molecule has 6 heteroatoms. The lowest BCUT2D eigenvalue weighted by Crippen LogP contribution is -2.35. The number of carbonyl (C=O) groups excluding carboxylic acids is 1. The van der Waals surface area contributed by atoms with Crippen molar-refractivity contribution < 1.29 is 18.0 Å². The van der Waals surface area contributed by atoms with E-state index >= 15 is 0 Å². The summed E-state index contributed by atoms with van der Waals surface area (Å²) in [6, 6.07) is 9.31. The number of fused-ring (bicyclic) bond motifs is 1. The third-order valence-electron chi connectivity index (χ3n) is 4.37. The van der Waals surface area contributed by atoms with Crippen molar-refractivity contribution >= 4 is 22.5 Å². The number of hydrogen-bond acceptors (Lipinski definition) is 1. The van der Waals surface area contributed by atoms with Crippen molar-refractivity contribution in [3.05, 3.63) is 65.1 Å². The molecule has 25 heavy (non-hydrogen) atoms. The van der Waals surface area contributed by atoms with Gasteiger partial charge in [-0.15, -0.1) is 0 Å². The minimum Gasteiger partial charge on any atom is -0.358 e. The van der Waals surface area contributed by atoms with Gasteiger partial charge in [0, 0.05) is 16.6 Å². The molecule has 3 aromatic rings. The van der Waals surface area contributed by atoms with Crippen molar-refractivity contribution in [3.63, 3.8) is 0 Å². The first-order chi connectivity index (χ1) is 11.7. The van der Waals surface area contributed by atoms with Gasteiger partial charge in [0.15, 0.2) is 17.5 Å². The molecule has 2 aromatic carbocycles.